The lowest BCUT2D eigenvalue weighted by Gasteiger charge is -2.10. The van der Waals surface area contributed by atoms with Crippen LogP contribution < -0.4 is 10.6 Å². The number of amides is 1. The van der Waals surface area contributed by atoms with Crippen LogP contribution in [0.4, 0.5) is 17.3 Å². The Morgan fingerprint density at radius 2 is 1.69 bits per heavy atom. The summed E-state index contributed by atoms with van der Waals surface area (Å²) >= 11 is 0. The fourth-order valence-electron chi connectivity index (χ4n) is 2.73. The van der Waals surface area contributed by atoms with Gasteiger partial charge in [-0.25, -0.2) is 14.8 Å². The Balaban J connectivity index is 1.81. The minimum absolute atomic E-state index is 0.215. The molecule has 0 bridgehead atoms. The number of methoxy groups -OCH3 is 1. The molecule has 0 unspecified atom stereocenters. The smallest absolute Gasteiger partial charge is 0.337 e. The van der Waals surface area contributed by atoms with Crippen LogP contribution in [-0.2, 0) is 4.74 Å². The number of carbonyl (C=O) groups is 2. The Morgan fingerprint density at radius 3 is 2.41 bits per heavy atom. The van der Waals surface area contributed by atoms with Gasteiger partial charge in [0.1, 0.15) is 5.69 Å². The Kier molecular flexibility index (Phi) is 5.87. The molecule has 1 aromatic heterocycles. The fourth-order valence-corrected chi connectivity index (χ4v) is 2.73. The van der Waals surface area contributed by atoms with Crippen LogP contribution in [0.2, 0.25) is 0 Å². The quantitative estimate of drug-likeness (QED) is 0.635. The van der Waals surface area contributed by atoms with Crippen LogP contribution in [0.5, 0.6) is 0 Å². The lowest BCUT2D eigenvalue weighted by Crippen LogP contribution is -2.16. The summed E-state index contributed by atoms with van der Waals surface area (Å²) in [4.78, 5) is 33.0. The van der Waals surface area contributed by atoms with E-state index in [0.29, 0.717) is 22.9 Å². The van der Waals surface area contributed by atoms with Crippen molar-refractivity contribution in [1.29, 1.82) is 0 Å². The van der Waals surface area contributed by atoms with Gasteiger partial charge in [-0.05, 0) is 68.3 Å². The molecule has 7 nitrogen and oxygen atoms in total. The zero-order valence-electron chi connectivity index (χ0n) is 16.7. The molecule has 0 aliphatic rings. The highest BCUT2D eigenvalue weighted by Gasteiger charge is 2.13. The molecule has 1 amide bonds. The highest BCUT2D eigenvalue weighted by atomic mass is 16.5. The summed E-state index contributed by atoms with van der Waals surface area (Å²) in [6.07, 6.45) is 0. The van der Waals surface area contributed by atoms with E-state index >= 15 is 0 Å². The molecule has 0 atom stereocenters. The van der Waals surface area contributed by atoms with E-state index < -0.39 is 11.9 Å². The first-order chi connectivity index (χ1) is 13.9. The topological polar surface area (TPSA) is 93.2 Å². The van der Waals surface area contributed by atoms with Crippen LogP contribution >= 0.6 is 0 Å². The van der Waals surface area contributed by atoms with Crippen molar-refractivity contribution in [2.75, 3.05) is 17.7 Å². The maximum absolute atomic E-state index is 12.7. The molecule has 0 saturated carbocycles. The average Bonchev–Trinajstić information content (AvgIpc) is 2.70. The number of esters is 1. The van der Waals surface area contributed by atoms with Crippen molar-refractivity contribution in [3.05, 3.63) is 76.6 Å². The van der Waals surface area contributed by atoms with Crippen LogP contribution in [-0.4, -0.2) is 29.0 Å². The molecule has 0 fully saturated rings. The molecule has 148 valence electrons. The van der Waals surface area contributed by atoms with E-state index in [1.54, 1.807) is 37.3 Å². The lowest BCUT2D eigenvalue weighted by atomic mass is 10.1. The van der Waals surface area contributed by atoms with E-state index in [9.17, 15) is 9.59 Å². The summed E-state index contributed by atoms with van der Waals surface area (Å²) in [5.74, 6) is -0.541. The van der Waals surface area contributed by atoms with Crippen molar-refractivity contribution in [2.24, 2.45) is 0 Å². The summed E-state index contributed by atoms with van der Waals surface area (Å²) in [5, 5.41) is 5.89. The van der Waals surface area contributed by atoms with Crippen molar-refractivity contribution in [3.8, 4) is 0 Å². The van der Waals surface area contributed by atoms with Gasteiger partial charge in [0, 0.05) is 17.1 Å². The van der Waals surface area contributed by atoms with Gasteiger partial charge in [-0.2, -0.15) is 0 Å². The average molecular weight is 390 g/mol. The molecule has 7 heteroatoms. The maximum atomic E-state index is 12.7. The summed E-state index contributed by atoms with van der Waals surface area (Å²) in [5.41, 5.74) is 4.86. The highest BCUT2D eigenvalue weighted by Crippen LogP contribution is 2.19. The SMILES string of the molecule is COC(=O)c1cccc(NC(=O)c2cc(C)nc(Nc3ccc(C)c(C)c3)n2)c1. The predicted molar refractivity (Wildman–Crippen MR) is 112 cm³/mol. The number of hydrogen-bond donors (Lipinski definition) is 2. The first kappa shape index (κ1) is 20.0. The van der Waals surface area contributed by atoms with E-state index in [2.05, 4.69) is 20.6 Å². The number of anilines is 3. The van der Waals surface area contributed by atoms with Gasteiger partial charge in [0.25, 0.3) is 5.91 Å². The van der Waals surface area contributed by atoms with Gasteiger partial charge in [0.05, 0.1) is 12.7 Å². The third kappa shape index (κ3) is 4.95. The van der Waals surface area contributed by atoms with Gasteiger partial charge < -0.3 is 15.4 Å². The molecule has 0 saturated heterocycles. The number of ether oxygens (including phenoxy) is 1. The third-order valence-electron chi connectivity index (χ3n) is 4.39. The summed E-state index contributed by atoms with van der Waals surface area (Å²) in [6, 6.07) is 14.1. The van der Waals surface area contributed by atoms with Gasteiger partial charge in [0.2, 0.25) is 5.95 Å². The van der Waals surface area contributed by atoms with Crippen LogP contribution in [0.3, 0.4) is 0 Å². The maximum Gasteiger partial charge on any atom is 0.337 e. The van der Waals surface area contributed by atoms with E-state index in [-0.39, 0.29) is 5.69 Å². The first-order valence-corrected chi connectivity index (χ1v) is 9.05. The van der Waals surface area contributed by atoms with Crippen molar-refractivity contribution < 1.29 is 14.3 Å². The number of aryl methyl sites for hydroxylation is 3. The normalized spacial score (nSPS) is 10.3. The third-order valence-corrected chi connectivity index (χ3v) is 4.39. The molecular weight excluding hydrogens is 368 g/mol. The Bertz CT molecular complexity index is 1080. The number of aromatic nitrogens is 2. The Morgan fingerprint density at radius 1 is 0.897 bits per heavy atom. The monoisotopic (exact) mass is 390 g/mol. The van der Waals surface area contributed by atoms with Gasteiger partial charge in [0.15, 0.2) is 0 Å². The van der Waals surface area contributed by atoms with Gasteiger partial charge in [-0.15, -0.1) is 0 Å². The standard InChI is InChI=1S/C22H22N4O3/c1-13-8-9-18(10-14(13)2)25-22-23-15(3)11-19(26-22)20(27)24-17-7-5-6-16(12-17)21(28)29-4/h5-12H,1-4H3,(H,24,27)(H,23,25,26). The van der Waals surface area contributed by atoms with Crippen molar-refractivity contribution >= 4 is 29.2 Å². The fraction of sp³-hybridized carbons (Fsp3) is 0.182. The number of benzene rings is 2. The van der Waals surface area contributed by atoms with Gasteiger partial charge >= 0.3 is 5.97 Å². The second-order valence-corrected chi connectivity index (χ2v) is 6.67. The lowest BCUT2D eigenvalue weighted by molar-refractivity contribution is 0.0600. The second kappa shape index (κ2) is 8.52. The van der Waals surface area contributed by atoms with E-state index in [1.165, 1.54) is 12.7 Å². The molecule has 0 spiro atoms. The minimum Gasteiger partial charge on any atom is -0.465 e. The van der Waals surface area contributed by atoms with Crippen LogP contribution in [0.1, 0.15) is 37.7 Å². The highest BCUT2D eigenvalue weighted by molar-refractivity contribution is 6.03. The molecule has 0 aliphatic heterocycles. The number of hydrogen-bond acceptors (Lipinski definition) is 6. The van der Waals surface area contributed by atoms with E-state index in [1.807, 2.05) is 32.0 Å². The summed E-state index contributed by atoms with van der Waals surface area (Å²) in [7, 11) is 1.31. The Hall–Kier alpha value is -3.74. The van der Waals surface area contributed by atoms with Crippen LogP contribution in [0.15, 0.2) is 48.5 Å². The second-order valence-electron chi connectivity index (χ2n) is 6.67. The van der Waals surface area contributed by atoms with Crippen LogP contribution in [0, 0.1) is 20.8 Å². The molecule has 29 heavy (non-hydrogen) atoms. The molecule has 1 heterocycles. The number of rotatable bonds is 5. The number of nitrogens with zero attached hydrogens (tertiary/aromatic N) is 2. The Labute approximate surface area is 169 Å². The minimum atomic E-state index is -0.473. The summed E-state index contributed by atoms with van der Waals surface area (Å²) < 4.78 is 4.70. The summed E-state index contributed by atoms with van der Waals surface area (Å²) in [6.45, 7) is 5.86. The van der Waals surface area contributed by atoms with Crippen molar-refractivity contribution in [3.63, 3.8) is 0 Å². The zero-order valence-corrected chi connectivity index (χ0v) is 16.7. The molecule has 2 aromatic carbocycles. The number of nitrogens with one attached hydrogen (secondary N) is 2. The van der Waals surface area contributed by atoms with E-state index in [0.717, 1.165) is 11.3 Å². The zero-order chi connectivity index (χ0) is 21.0. The van der Waals surface area contributed by atoms with Crippen LogP contribution in [0.25, 0.3) is 0 Å². The molecule has 3 rings (SSSR count). The molecular formula is C22H22N4O3. The van der Waals surface area contributed by atoms with Crippen molar-refractivity contribution in [1.82, 2.24) is 9.97 Å². The molecule has 3 aromatic rings. The largest absolute Gasteiger partial charge is 0.465 e. The first-order valence-electron chi connectivity index (χ1n) is 9.05. The van der Waals surface area contributed by atoms with Crippen molar-refractivity contribution in [2.45, 2.75) is 20.8 Å². The molecule has 2 N–H and O–H groups in total. The molecule has 0 aliphatic carbocycles. The van der Waals surface area contributed by atoms with Gasteiger partial charge in [-0.3, -0.25) is 4.79 Å². The number of carbonyl (C=O) groups excluding carboxylic acids is 2. The predicted octanol–water partition coefficient (Wildman–Crippen LogP) is 4.18. The van der Waals surface area contributed by atoms with E-state index in [4.69, 9.17) is 4.74 Å². The van der Waals surface area contributed by atoms with Gasteiger partial charge in [-0.1, -0.05) is 12.1 Å². The molecule has 0 radical (unpaired) electrons.